The number of nitro benzene ring substituents is 1. The lowest BCUT2D eigenvalue weighted by Crippen LogP contribution is -2.17. The van der Waals surface area contributed by atoms with Crippen molar-refractivity contribution in [1.29, 1.82) is 0 Å². The standard InChI is InChI=1S/C18H14N4O5/c1-2-27-18(24)16-15(17(23)12-8-4-3-5-9-12)19-20-21(16)13-10-6-7-11-14(13)22(25)26/h3-11H,2H2,1H3. The first-order valence-corrected chi connectivity index (χ1v) is 8.01. The van der Waals surface area contributed by atoms with Crippen molar-refractivity contribution < 1.29 is 19.2 Å². The molecule has 0 saturated heterocycles. The fraction of sp³-hybridized carbons (Fsp3) is 0.111. The number of esters is 1. The van der Waals surface area contributed by atoms with E-state index >= 15 is 0 Å². The number of nitrogens with zero attached hydrogens (tertiary/aromatic N) is 4. The summed E-state index contributed by atoms with van der Waals surface area (Å²) >= 11 is 0. The lowest BCUT2D eigenvalue weighted by Gasteiger charge is -2.07. The van der Waals surface area contributed by atoms with Gasteiger partial charge in [-0.2, -0.15) is 4.68 Å². The lowest BCUT2D eigenvalue weighted by atomic mass is 10.1. The Morgan fingerprint density at radius 3 is 2.44 bits per heavy atom. The van der Waals surface area contributed by atoms with Crippen LogP contribution in [0.3, 0.4) is 0 Å². The molecule has 136 valence electrons. The van der Waals surface area contributed by atoms with Crippen LogP contribution in [0.5, 0.6) is 0 Å². The van der Waals surface area contributed by atoms with Crippen LogP contribution in [0.1, 0.15) is 33.5 Å². The van der Waals surface area contributed by atoms with E-state index in [4.69, 9.17) is 4.74 Å². The summed E-state index contributed by atoms with van der Waals surface area (Å²) in [5, 5.41) is 19.0. The average Bonchev–Trinajstić information content (AvgIpc) is 3.13. The van der Waals surface area contributed by atoms with E-state index in [-0.39, 0.29) is 29.4 Å². The van der Waals surface area contributed by atoms with Crippen molar-refractivity contribution >= 4 is 17.4 Å². The minimum atomic E-state index is -0.847. The van der Waals surface area contributed by atoms with Gasteiger partial charge in [0.25, 0.3) is 5.69 Å². The maximum atomic E-state index is 12.8. The molecule has 0 amide bonds. The molecule has 1 heterocycles. The van der Waals surface area contributed by atoms with E-state index in [1.807, 2.05) is 0 Å². The molecule has 0 unspecified atom stereocenters. The van der Waals surface area contributed by atoms with Gasteiger partial charge in [0, 0.05) is 11.6 Å². The summed E-state index contributed by atoms with van der Waals surface area (Å²) in [6, 6.07) is 13.9. The fourth-order valence-corrected chi connectivity index (χ4v) is 2.51. The van der Waals surface area contributed by atoms with Crippen LogP contribution < -0.4 is 0 Å². The van der Waals surface area contributed by atoms with Crippen molar-refractivity contribution in [2.75, 3.05) is 6.61 Å². The molecule has 1 aromatic heterocycles. The van der Waals surface area contributed by atoms with E-state index < -0.39 is 16.7 Å². The van der Waals surface area contributed by atoms with Gasteiger partial charge in [-0.1, -0.05) is 47.7 Å². The zero-order valence-corrected chi connectivity index (χ0v) is 14.2. The quantitative estimate of drug-likeness (QED) is 0.285. The number of nitro groups is 1. The number of ketones is 1. The number of carbonyl (C=O) groups is 2. The van der Waals surface area contributed by atoms with E-state index in [1.165, 1.54) is 18.2 Å². The third-order valence-electron chi connectivity index (χ3n) is 3.70. The highest BCUT2D eigenvalue weighted by Gasteiger charge is 2.30. The Morgan fingerprint density at radius 1 is 1.11 bits per heavy atom. The number of aromatic nitrogens is 3. The smallest absolute Gasteiger partial charge is 0.359 e. The number of carbonyl (C=O) groups excluding carboxylic acids is 2. The van der Waals surface area contributed by atoms with Gasteiger partial charge in [0.2, 0.25) is 5.78 Å². The maximum absolute atomic E-state index is 12.8. The number of rotatable bonds is 6. The minimum Gasteiger partial charge on any atom is -0.461 e. The average molecular weight is 366 g/mol. The van der Waals surface area contributed by atoms with E-state index in [0.717, 1.165) is 4.68 Å². The topological polar surface area (TPSA) is 117 Å². The molecule has 0 radical (unpaired) electrons. The van der Waals surface area contributed by atoms with Gasteiger partial charge in [-0.25, -0.2) is 4.79 Å². The van der Waals surface area contributed by atoms with E-state index in [9.17, 15) is 19.7 Å². The molecule has 0 N–H and O–H groups in total. The fourth-order valence-electron chi connectivity index (χ4n) is 2.51. The number of ether oxygens (including phenoxy) is 1. The lowest BCUT2D eigenvalue weighted by molar-refractivity contribution is -0.384. The van der Waals surface area contributed by atoms with Crippen LogP contribution in [0.2, 0.25) is 0 Å². The Labute approximate surface area is 153 Å². The van der Waals surface area contributed by atoms with Crippen molar-refractivity contribution in [2.45, 2.75) is 6.92 Å². The number of hydrogen-bond donors (Lipinski definition) is 0. The van der Waals surface area contributed by atoms with Gasteiger partial charge in [-0.3, -0.25) is 14.9 Å². The van der Waals surface area contributed by atoms with Gasteiger partial charge in [-0.05, 0) is 13.0 Å². The highest BCUT2D eigenvalue weighted by molar-refractivity contribution is 6.12. The van der Waals surface area contributed by atoms with Crippen LogP contribution >= 0.6 is 0 Å². The Bertz CT molecular complexity index is 1010. The van der Waals surface area contributed by atoms with Gasteiger partial charge in [-0.15, -0.1) is 5.10 Å². The van der Waals surface area contributed by atoms with Crippen LogP contribution in [0.25, 0.3) is 5.69 Å². The number of hydrogen-bond acceptors (Lipinski definition) is 7. The normalized spacial score (nSPS) is 10.4. The maximum Gasteiger partial charge on any atom is 0.359 e. The van der Waals surface area contributed by atoms with Gasteiger partial charge >= 0.3 is 5.97 Å². The van der Waals surface area contributed by atoms with Crippen LogP contribution in [-0.2, 0) is 4.74 Å². The first-order valence-electron chi connectivity index (χ1n) is 8.01. The molecular formula is C18H14N4O5. The summed E-state index contributed by atoms with van der Waals surface area (Å²) in [7, 11) is 0. The van der Waals surface area contributed by atoms with E-state index in [2.05, 4.69) is 10.3 Å². The summed E-state index contributed by atoms with van der Waals surface area (Å²) in [5.74, 6) is -1.39. The molecule has 27 heavy (non-hydrogen) atoms. The zero-order chi connectivity index (χ0) is 19.4. The van der Waals surface area contributed by atoms with Crippen molar-refractivity contribution in [3.63, 3.8) is 0 Å². The molecule has 9 nitrogen and oxygen atoms in total. The van der Waals surface area contributed by atoms with Crippen molar-refractivity contribution in [2.24, 2.45) is 0 Å². The molecule has 0 bridgehead atoms. The Kier molecular flexibility index (Phi) is 5.02. The predicted molar refractivity (Wildman–Crippen MR) is 93.8 cm³/mol. The van der Waals surface area contributed by atoms with Crippen LogP contribution in [-0.4, -0.2) is 38.3 Å². The van der Waals surface area contributed by atoms with Crippen molar-refractivity contribution in [3.8, 4) is 5.69 Å². The molecule has 2 aromatic carbocycles. The highest BCUT2D eigenvalue weighted by atomic mass is 16.6. The molecule has 0 atom stereocenters. The molecule has 0 aliphatic carbocycles. The van der Waals surface area contributed by atoms with Crippen molar-refractivity contribution in [1.82, 2.24) is 15.0 Å². The first-order chi connectivity index (χ1) is 13.0. The summed E-state index contributed by atoms with van der Waals surface area (Å²) in [5.41, 5.74) is -0.479. The first kappa shape index (κ1) is 17.9. The van der Waals surface area contributed by atoms with Crippen LogP contribution in [0.15, 0.2) is 54.6 Å². The molecule has 0 saturated carbocycles. The monoisotopic (exact) mass is 366 g/mol. The van der Waals surface area contributed by atoms with E-state index in [0.29, 0.717) is 5.56 Å². The third-order valence-corrected chi connectivity index (χ3v) is 3.70. The second kappa shape index (κ2) is 7.56. The molecule has 0 aliphatic heterocycles. The summed E-state index contributed by atoms with van der Waals surface area (Å²) in [6.07, 6.45) is 0. The van der Waals surface area contributed by atoms with Crippen LogP contribution in [0.4, 0.5) is 5.69 Å². The molecule has 0 aliphatic rings. The second-order valence-electron chi connectivity index (χ2n) is 5.36. The Hall–Kier alpha value is -3.88. The molecule has 3 aromatic rings. The summed E-state index contributed by atoms with van der Waals surface area (Å²) in [6.45, 7) is 1.66. The third kappa shape index (κ3) is 3.43. The Balaban J connectivity index is 2.20. The predicted octanol–water partition coefficient (Wildman–Crippen LogP) is 2.58. The number of para-hydroxylation sites is 2. The molecular weight excluding hydrogens is 352 g/mol. The molecule has 0 spiro atoms. The van der Waals surface area contributed by atoms with Gasteiger partial charge < -0.3 is 4.74 Å². The van der Waals surface area contributed by atoms with Gasteiger partial charge in [0.1, 0.15) is 5.69 Å². The van der Waals surface area contributed by atoms with E-state index in [1.54, 1.807) is 43.3 Å². The van der Waals surface area contributed by atoms with Gasteiger partial charge in [0.05, 0.1) is 11.5 Å². The Morgan fingerprint density at radius 2 is 1.78 bits per heavy atom. The minimum absolute atomic E-state index is 0.00478. The summed E-state index contributed by atoms with van der Waals surface area (Å²) < 4.78 is 5.98. The second-order valence-corrected chi connectivity index (χ2v) is 5.36. The van der Waals surface area contributed by atoms with Gasteiger partial charge in [0.15, 0.2) is 11.4 Å². The summed E-state index contributed by atoms with van der Waals surface area (Å²) in [4.78, 5) is 36.0. The molecule has 3 rings (SSSR count). The van der Waals surface area contributed by atoms with Crippen molar-refractivity contribution in [3.05, 3.63) is 81.7 Å². The SMILES string of the molecule is CCOC(=O)c1c(C(=O)c2ccccc2)nnn1-c1ccccc1[N+](=O)[O-]. The molecule has 0 fully saturated rings. The largest absolute Gasteiger partial charge is 0.461 e. The zero-order valence-electron chi connectivity index (χ0n) is 14.2. The van der Waals surface area contributed by atoms with Crippen LogP contribution in [0, 0.1) is 10.1 Å². The molecule has 9 heteroatoms. The highest BCUT2D eigenvalue weighted by Crippen LogP contribution is 2.25. The number of benzene rings is 2.